The summed E-state index contributed by atoms with van der Waals surface area (Å²) in [4.78, 5) is 60.5. The van der Waals surface area contributed by atoms with Gasteiger partial charge in [0.05, 0.1) is 12.6 Å². The van der Waals surface area contributed by atoms with Gasteiger partial charge in [0.25, 0.3) is 5.91 Å². The highest BCUT2D eigenvalue weighted by atomic mass is 16.7. The van der Waals surface area contributed by atoms with Crippen molar-refractivity contribution in [3.63, 3.8) is 0 Å². The molecule has 3 atom stereocenters. The summed E-state index contributed by atoms with van der Waals surface area (Å²) in [5.41, 5.74) is 1.43. The van der Waals surface area contributed by atoms with E-state index < -0.39 is 18.2 Å². The second-order valence-corrected chi connectivity index (χ2v) is 10.6. The fourth-order valence-electron chi connectivity index (χ4n) is 4.65. The number of Topliss-reactive ketones (excluding diaryl/α,β-unsaturated/α-hetero) is 1. The third kappa shape index (κ3) is 6.54. The molecule has 10 nitrogen and oxygen atoms in total. The van der Waals surface area contributed by atoms with Gasteiger partial charge in [0.2, 0.25) is 5.91 Å². The Hall–Kier alpha value is -3.14. The first-order valence-corrected chi connectivity index (χ1v) is 12.6. The first-order valence-electron chi connectivity index (χ1n) is 12.6. The Balaban J connectivity index is 1.69. The van der Waals surface area contributed by atoms with Gasteiger partial charge in [-0.2, -0.15) is 0 Å². The number of nitrogens with zero attached hydrogens (tertiary/aromatic N) is 3. The van der Waals surface area contributed by atoms with E-state index in [2.05, 4.69) is 10.6 Å². The van der Waals surface area contributed by atoms with Crippen molar-refractivity contribution < 1.29 is 24.0 Å². The fraction of sp³-hybridized carbons (Fsp3) is 0.615. The number of anilines is 1. The molecule has 0 radical (unpaired) electrons. The molecule has 2 N–H and O–H groups in total. The molecule has 10 heteroatoms. The third-order valence-corrected chi connectivity index (χ3v) is 6.47. The van der Waals surface area contributed by atoms with Gasteiger partial charge >= 0.3 is 6.09 Å². The summed E-state index contributed by atoms with van der Waals surface area (Å²) < 4.78 is 0. The van der Waals surface area contributed by atoms with Crippen molar-refractivity contribution in [2.75, 3.05) is 38.6 Å². The van der Waals surface area contributed by atoms with E-state index in [0.717, 1.165) is 5.69 Å². The third-order valence-electron chi connectivity index (χ3n) is 6.47. The summed E-state index contributed by atoms with van der Waals surface area (Å²) >= 11 is 0. The number of likely N-dealkylation sites (tertiary alicyclic amines) is 1. The number of hydroxylamine groups is 2. The van der Waals surface area contributed by atoms with Crippen molar-refractivity contribution in [1.29, 1.82) is 0 Å². The van der Waals surface area contributed by atoms with Crippen LogP contribution in [0.1, 0.15) is 50.9 Å². The van der Waals surface area contributed by atoms with Crippen LogP contribution in [0.4, 0.5) is 10.5 Å². The van der Waals surface area contributed by atoms with Crippen LogP contribution in [0.3, 0.4) is 0 Å². The summed E-state index contributed by atoms with van der Waals surface area (Å²) in [5, 5.41) is 6.96. The molecule has 0 spiro atoms. The predicted octanol–water partition coefficient (Wildman–Crippen LogP) is 2.05. The van der Waals surface area contributed by atoms with Gasteiger partial charge in [0.15, 0.2) is 5.78 Å². The number of hydrogen-bond acceptors (Lipinski definition) is 7. The summed E-state index contributed by atoms with van der Waals surface area (Å²) in [6.45, 7) is 8.67. The molecule has 1 aromatic carbocycles. The van der Waals surface area contributed by atoms with Gasteiger partial charge in [-0.3, -0.25) is 14.4 Å². The Morgan fingerprint density at radius 1 is 1.08 bits per heavy atom. The Bertz CT molecular complexity index is 962. The van der Waals surface area contributed by atoms with E-state index in [1.54, 1.807) is 17.0 Å². The molecule has 3 unspecified atom stereocenters. The van der Waals surface area contributed by atoms with Crippen LogP contribution >= 0.6 is 0 Å². The monoisotopic (exact) mass is 501 g/mol. The number of benzene rings is 1. The summed E-state index contributed by atoms with van der Waals surface area (Å²) in [7, 11) is 3.84. The first kappa shape index (κ1) is 27.4. The summed E-state index contributed by atoms with van der Waals surface area (Å²) in [6.07, 6.45) is 0.348. The van der Waals surface area contributed by atoms with E-state index in [4.69, 9.17) is 4.84 Å². The summed E-state index contributed by atoms with van der Waals surface area (Å²) in [6, 6.07) is 5.31. The van der Waals surface area contributed by atoms with Crippen LogP contribution in [0.5, 0.6) is 0 Å². The summed E-state index contributed by atoms with van der Waals surface area (Å²) in [5.74, 6) is -0.369. The Morgan fingerprint density at radius 2 is 1.75 bits per heavy atom. The highest BCUT2D eigenvalue weighted by Crippen LogP contribution is 2.31. The SMILES string of the molecule is CC(C)CNC(=O)ON1CC(=O)C2C1CCN2C(=O)C(CC(C)C)NC(=O)c1ccc(N(C)C)cc1. The van der Waals surface area contributed by atoms with Crippen LogP contribution in [-0.4, -0.2) is 85.5 Å². The molecule has 198 valence electrons. The van der Waals surface area contributed by atoms with Crippen LogP contribution in [0.25, 0.3) is 0 Å². The second kappa shape index (κ2) is 11.7. The molecule has 1 aromatic rings. The van der Waals surface area contributed by atoms with Crippen molar-refractivity contribution in [2.24, 2.45) is 11.8 Å². The van der Waals surface area contributed by atoms with Crippen LogP contribution in [-0.2, 0) is 14.4 Å². The number of hydrogen-bond donors (Lipinski definition) is 2. The minimum absolute atomic E-state index is 0.0619. The number of amides is 3. The number of ketones is 1. The van der Waals surface area contributed by atoms with Crippen LogP contribution in [0.2, 0.25) is 0 Å². The topological polar surface area (TPSA) is 111 Å². The van der Waals surface area contributed by atoms with Gasteiger partial charge in [-0.25, -0.2) is 4.79 Å². The highest BCUT2D eigenvalue weighted by Gasteiger charge is 2.52. The number of carbonyl (C=O) groups excluding carboxylic acids is 4. The van der Waals surface area contributed by atoms with Gasteiger partial charge in [-0.05, 0) is 48.9 Å². The predicted molar refractivity (Wildman–Crippen MR) is 136 cm³/mol. The molecule has 3 amide bonds. The molecular formula is C26H39N5O5. The van der Waals surface area contributed by atoms with E-state index >= 15 is 0 Å². The smallest absolute Gasteiger partial charge is 0.378 e. The van der Waals surface area contributed by atoms with E-state index in [-0.39, 0.29) is 42.0 Å². The van der Waals surface area contributed by atoms with Gasteiger partial charge in [-0.15, -0.1) is 5.06 Å². The fourth-order valence-corrected chi connectivity index (χ4v) is 4.65. The molecule has 0 bridgehead atoms. The van der Waals surface area contributed by atoms with Crippen LogP contribution < -0.4 is 15.5 Å². The molecule has 36 heavy (non-hydrogen) atoms. The maximum Gasteiger partial charge on any atom is 0.426 e. The van der Waals surface area contributed by atoms with Gasteiger partial charge in [0, 0.05) is 38.4 Å². The lowest BCUT2D eigenvalue weighted by atomic mass is 10.0. The number of carbonyl (C=O) groups is 4. The minimum Gasteiger partial charge on any atom is -0.378 e. The van der Waals surface area contributed by atoms with Crippen molar-refractivity contribution in [3.05, 3.63) is 29.8 Å². The van der Waals surface area contributed by atoms with Crippen molar-refractivity contribution in [3.8, 4) is 0 Å². The molecule has 2 aliphatic heterocycles. The lowest BCUT2D eigenvalue weighted by Crippen LogP contribution is -2.53. The Morgan fingerprint density at radius 3 is 2.33 bits per heavy atom. The first-order chi connectivity index (χ1) is 17.0. The normalized spacial score (nSPS) is 20.4. The van der Waals surface area contributed by atoms with E-state index in [1.807, 2.05) is 58.8 Å². The molecule has 2 aliphatic rings. The molecule has 0 aliphatic carbocycles. The molecular weight excluding hydrogens is 462 g/mol. The zero-order valence-electron chi connectivity index (χ0n) is 22.1. The average molecular weight is 502 g/mol. The second-order valence-electron chi connectivity index (χ2n) is 10.6. The van der Waals surface area contributed by atoms with Crippen molar-refractivity contribution in [1.82, 2.24) is 20.6 Å². The number of fused-ring (bicyclic) bond motifs is 1. The minimum atomic E-state index is -0.762. The Kier molecular flexibility index (Phi) is 8.94. The van der Waals surface area contributed by atoms with Gasteiger partial charge in [0.1, 0.15) is 12.1 Å². The molecule has 0 aromatic heterocycles. The van der Waals surface area contributed by atoms with Crippen molar-refractivity contribution >= 4 is 29.4 Å². The highest BCUT2D eigenvalue weighted by molar-refractivity contribution is 5.99. The molecule has 2 saturated heterocycles. The van der Waals surface area contributed by atoms with Gasteiger partial charge < -0.3 is 25.3 Å². The maximum atomic E-state index is 13.6. The number of nitrogens with one attached hydrogen (secondary N) is 2. The van der Waals surface area contributed by atoms with Gasteiger partial charge in [-0.1, -0.05) is 27.7 Å². The maximum absolute atomic E-state index is 13.6. The molecule has 0 saturated carbocycles. The lowest BCUT2D eigenvalue weighted by Gasteiger charge is -2.29. The van der Waals surface area contributed by atoms with E-state index in [9.17, 15) is 19.2 Å². The van der Waals surface area contributed by atoms with Crippen LogP contribution in [0, 0.1) is 11.8 Å². The standard InChI is InChI=1S/C26H39N5O5/c1-16(2)13-20(28-24(33)18-7-9-19(10-8-18)29(5)6)25(34)30-12-11-21-23(30)22(32)15-31(21)36-26(35)27-14-17(3)4/h7-10,16-17,20-21,23H,11-15H2,1-6H3,(H,27,35)(H,28,33). The van der Waals surface area contributed by atoms with E-state index in [0.29, 0.717) is 31.5 Å². The van der Waals surface area contributed by atoms with Crippen LogP contribution in [0.15, 0.2) is 24.3 Å². The zero-order chi connectivity index (χ0) is 26.6. The largest absolute Gasteiger partial charge is 0.426 e. The Labute approximate surface area is 213 Å². The molecule has 2 heterocycles. The zero-order valence-corrected chi connectivity index (χ0v) is 22.1. The molecule has 3 rings (SSSR count). The van der Waals surface area contributed by atoms with E-state index in [1.165, 1.54) is 5.06 Å². The lowest BCUT2D eigenvalue weighted by molar-refractivity contribution is -0.138. The average Bonchev–Trinajstić information content (AvgIpc) is 3.38. The number of rotatable bonds is 9. The van der Waals surface area contributed by atoms with Crippen molar-refractivity contribution in [2.45, 2.75) is 58.7 Å². The molecule has 2 fully saturated rings. The quantitative estimate of drug-likeness (QED) is 0.533.